The minimum absolute atomic E-state index is 0.247. The van der Waals surface area contributed by atoms with E-state index in [0.29, 0.717) is 0 Å². The third-order valence-electron chi connectivity index (χ3n) is 8.66. The van der Waals surface area contributed by atoms with Gasteiger partial charge in [-0.2, -0.15) is 10.0 Å². The number of aromatic nitrogens is 2. The summed E-state index contributed by atoms with van der Waals surface area (Å²) in [4.78, 5) is 86.4. The Hall–Kier alpha value is -4.74. The van der Waals surface area contributed by atoms with Crippen molar-refractivity contribution < 1.29 is 28.8 Å². The van der Waals surface area contributed by atoms with Gasteiger partial charge in [0.25, 0.3) is 35.4 Å². The van der Waals surface area contributed by atoms with Crippen LogP contribution in [0.3, 0.4) is 0 Å². The van der Waals surface area contributed by atoms with Crippen LogP contribution in [0.5, 0.6) is 0 Å². The highest BCUT2D eigenvalue weighted by Crippen LogP contribution is 2.67. The van der Waals surface area contributed by atoms with Gasteiger partial charge in [-0.05, 0) is 47.9 Å². The number of carbonyl (C=O) groups is 6. The van der Waals surface area contributed by atoms with Gasteiger partial charge in [0, 0.05) is 35.9 Å². The molecular formula is C26H20N6O6. The fourth-order valence-electron chi connectivity index (χ4n) is 7.16. The van der Waals surface area contributed by atoms with Crippen molar-refractivity contribution in [3.63, 3.8) is 0 Å². The molecule has 8 atom stereocenters. The van der Waals surface area contributed by atoms with Gasteiger partial charge in [-0.3, -0.25) is 49.6 Å². The maximum Gasteiger partial charge on any atom is 0.270 e. The van der Waals surface area contributed by atoms with E-state index in [1.165, 1.54) is 49.1 Å². The zero-order valence-corrected chi connectivity index (χ0v) is 19.6. The highest BCUT2D eigenvalue weighted by atomic mass is 16.2. The number of carbonyl (C=O) groups excluding carboxylic acids is 6. The van der Waals surface area contributed by atoms with Crippen LogP contribution in [0, 0.1) is 47.3 Å². The fraction of sp³-hybridized carbons (Fsp3) is 0.308. The second-order valence-corrected chi connectivity index (χ2v) is 10.2. The first kappa shape index (κ1) is 22.5. The molecule has 0 radical (unpaired) electrons. The van der Waals surface area contributed by atoms with Gasteiger partial charge in [0.05, 0.1) is 23.7 Å². The second-order valence-electron chi connectivity index (χ2n) is 10.2. The molecule has 6 amide bonds. The summed E-state index contributed by atoms with van der Waals surface area (Å²) in [6.07, 6.45) is 9.44. The van der Waals surface area contributed by atoms with Gasteiger partial charge in [-0.25, -0.2) is 0 Å². The number of nitrogens with one attached hydrogen (secondary N) is 2. The van der Waals surface area contributed by atoms with Gasteiger partial charge in [0.15, 0.2) is 0 Å². The largest absolute Gasteiger partial charge is 0.272 e. The molecule has 12 nitrogen and oxygen atoms in total. The van der Waals surface area contributed by atoms with Crippen LogP contribution in [-0.2, 0) is 19.2 Å². The molecule has 4 heterocycles. The van der Waals surface area contributed by atoms with Gasteiger partial charge in [0.2, 0.25) is 0 Å². The van der Waals surface area contributed by atoms with Gasteiger partial charge in [0.1, 0.15) is 0 Å². The first-order valence-electron chi connectivity index (χ1n) is 12.2. The molecule has 4 fully saturated rings. The van der Waals surface area contributed by atoms with Crippen molar-refractivity contribution in [2.75, 3.05) is 0 Å². The molecule has 2 saturated heterocycles. The Labute approximate surface area is 215 Å². The number of hydrogen-bond acceptors (Lipinski definition) is 8. The third-order valence-corrected chi connectivity index (χ3v) is 8.66. The van der Waals surface area contributed by atoms with Crippen LogP contribution >= 0.6 is 0 Å². The lowest BCUT2D eigenvalue weighted by Crippen LogP contribution is -2.63. The van der Waals surface area contributed by atoms with Crippen LogP contribution in [-0.4, -0.2) is 55.4 Å². The van der Waals surface area contributed by atoms with E-state index in [0.717, 1.165) is 10.0 Å². The molecular weight excluding hydrogens is 492 g/mol. The normalized spacial score (nSPS) is 34.0. The lowest BCUT2D eigenvalue weighted by atomic mass is 9.40. The number of nitrogens with zero attached hydrogens (tertiary/aromatic N) is 4. The number of imide groups is 2. The third kappa shape index (κ3) is 2.85. The highest BCUT2D eigenvalue weighted by Gasteiger charge is 2.75. The predicted octanol–water partition coefficient (Wildman–Crippen LogP) is -0.269. The highest BCUT2D eigenvalue weighted by molar-refractivity contribution is 6.11. The summed E-state index contributed by atoms with van der Waals surface area (Å²) in [6, 6.07) is 5.88. The summed E-state index contributed by atoms with van der Waals surface area (Å²) in [5, 5.41) is 1.58. The molecule has 8 rings (SSSR count). The first-order chi connectivity index (χ1) is 18.4. The first-order valence-corrected chi connectivity index (χ1v) is 12.2. The quantitative estimate of drug-likeness (QED) is 0.419. The molecule has 2 N–H and O–H groups in total. The van der Waals surface area contributed by atoms with Gasteiger partial charge >= 0.3 is 0 Å². The van der Waals surface area contributed by atoms with Crippen LogP contribution in [0.4, 0.5) is 0 Å². The van der Waals surface area contributed by atoms with Crippen LogP contribution < -0.4 is 10.9 Å². The van der Waals surface area contributed by atoms with Crippen molar-refractivity contribution in [3.8, 4) is 0 Å². The maximum absolute atomic E-state index is 13.4. The zero-order chi connectivity index (χ0) is 26.3. The molecule has 2 aliphatic heterocycles. The Bertz CT molecular complexity index is 1410. The van der Waals surface area contributed by atoms with E-state index in [4.69, 9.17) is 0 Å². The number of rotatable bonds is 4. The van der Waals surface area contributed by atoms with Gasteiger partial charge < -0.3 is 0 Å². The lowest BCUT2D eigenvalue weighted by molar-refractivity contribution is -0.166. The van der Waals surface area contributed by atoms with Crippen molar-refractivity contribution in [1.29, 1.82) is 0 Å². The number of amides is 6. The zero-order valence-electron chi connectivity index (χ0n) is 19.6. The molecule has 2 aromatic heterocycles. The average molecular weight is 512 g/mol. The molecule has 0 unspecified atom stereocenters. The molecule has 0 aromatic carbocycles. The average Bonchev–Trinajstić information content (AvgIpc) is 3.29. The number of allylic oxidation sites excluding steroid dienone is 2. The number of pyridine rings is 2. The van der Waals surface area contributed by atoms with Crippen molar-refractivity contribution in [2.24, 2.45) is 47.3 Å². The van der Waals surface area contributed by atoms with E-state index in [1.807, 2.05) is 12.2 Å². The summed E-state index contributed by atoms with van der Waals surface area (Å²) in [5.41, 5.74) is 5.34. The number of hydrazine groups is 2. The van der Waals surface area contributed by atoms with Crippen molar-refractivity contribution >= 4 is 35.4 Å². The number of fused-ring (bicyclic) bond motifs is 1. The Morgan fingerprint density at radius 2 is 0.921 bits per heavy atom. The molecule has 12 heteroatoms. The molecule has 4 aliphatic carbocycles. The summed E-state index contributed by atoms with van der Waals surface area (Å²) >= 11 is 0. The fourth-order valence-corrected chi connectivity index (χ4v) is 7.16. The molecule has 2 bridgehead atoms. The smallest absolute Gasteiger partial charge is 0.270 e. The Morgan fingerprint density at radius 3 is 1.29 bits per heavy atom. The second kappa shape index (κ2) is 7.88. The van der Waals surface area contributed by atoms with Crippen LogP contribution in [0.2, 0.25) is 0 Å². The van der Waals surface area contributed by atoms with Gasteiger partial charge in [-0.15, -0.1) is 0 Å². The van der Waals surface area contributed by atoms with E-state index in [1.54, 1.807) is 0 Å². The maximum atomic E-state index is 13.4. The number of hydrogen-bond donors (Lipinski definition) is 2. The van der Waals surface area contributed by atoms with E-state index >= 15 is 0 Å². The molecule has 0 spiro atoms. The van der Waals surface area contributed by atoms with Crippen molar-refractivity contribution in [2.45, 2.75) is 0 Å². The molecule has 2 saturated carbocycles. The Morgan fingerprint density at radius 1 is 0.579 bits per heavy atom. The lowest BCUT2D eigenvalue weighted by Gasteiger charge is -2.60. The topological polar surface area (TPSA) is 159 Å². The predicted molar refractivity (Wildman–Crippen MR) is 124 cm³/mol. The summed E-state index contributed by atoms with van der Waals surface area (Å²) in [5.74, 6) is -7.66. The Balaban J connectivity index is 1.13. The van der Waals surface area contributed by atoms with E-state index in [2.05, 4.69) is 20.8 Å². The molecule has 6 aliphatic rings. The summed E-state index contributed by atoms with van der Waals surface area (Å²) in [6.45, 7) is 0. The SMILES string of the molecule is O=C(NN1C(=O)[C@@H]2[C@H]3C=C[C@@H]([C@@H]2C1=O)[C@@H]1[C@@H]2C(=O)N(NC(=O)c4ccncc4)C(=O)[C@@H]2[C@H]31)c1ccncc1. The van der Waals surface area contributed by atoms with Crippen molar-refractivity contribution in [1.82, 2.24) is 30.8 Å². The van der Waals surface area contributed by atoms with E-state index in [9.17, 15) is 28.8 Å². The molecule has 38 heavy (non-hydrogen) atoms. The van der Waals surface area contributed by atoms with Crippen LogP contribution in [0.25, 0.3) is 0 Å². The van der Waals surface area contributed by atoms with E-state index < -0.39 is 71.0 Å². The monoisotopic (exact) mass is 512 g/mol. The molecule has 2 aromatic rings. The minimum atomic E-state index is -0.735. The van der Waals surface area contributed by atoms with Gasteiger partial charge in [-0.1, -0.05) is 12.2 Å². The minimum Gasteiger partial charge on any atom is -0.272 e. The van der Waals surface area contributed by atoms with Crippen molar-refractivity contribution in [3.05, 3.63) is 72.3 Å². The van der Waals surface area contributed by atoms with E-state index in [-0.39, 0.29) is 23.0 Å². The van der Waals surface area contributed by atoms with Crippen LogP contribution in [0.15, 0.2) is 61.2 Å². The summed E-state index contributed by atoms with van der Waals surface area (Å²) < 4.78 is 0. The standard InChI is InChI=1S/C26H20N6O6/c33-21(11-3-7-27-8-4-11)29-31-23(35)17-13-1-2-14(18(17)24(31)36)16-15(13)19-20(16)26(38)32(25(19)37)30-22(34)12-5-9-28-10-6-12/h1-10,13-20H,(H,29,33)(H,30,34)/t13-,14+,15+,16-,17+,18-,19+,20-. The molecule has 190 valence electrons. The summed E-state index contributed by atoms with van der Waals surface area (Å²) in [7, 11) is 0. The Kier molecular flexibility index (Phi) is 4.66. The van der Waals surface area contributed by atoms with Crippen LogP contribution in [0.1, 0.15) is 20.7 Å².